The second kappa shape index (κ2) is 8.51. The van der Waals surface area contributed by atoms with E-state index in [4.69, 9.17) is 9.47 Å². The van der Waals surface area contributed by atoms with Crippen LogP contribution < -0.4 is 9.47 Å². The van der Waals surface area contributed by atoms with Crippen molar-refractivity contribution in [3.63, 3.8) is 0 Å². The third-order valence-corrected chi connectivity index (χ3v) is 8.20. The summed E-state index contributed by atoms with van der Waals surface area (Å²) in [5.74, 6) is 1.96. The Morgan fingerprint density at radius 1 is 0.585 bits per heavy atom. The van der Waals surface area contributed by atoms with Gasteiger partial charge in [-0.25, -0.2) is 9.97 Å². The summed E-state index contributed by atoms with van der Waals surface area (Å²) in [4.78, 5) is 9.18. The molecule has 0 radical (unpaired) electrons. The SMILES string of the molecule is CC1(C)c2cc(C#N)ccc2-c2ccc(-c3cccc(-c4ccc5c(c4)Oc4nc6ccccc6nc4O5)c3)cc21. The Labute approximate surface area is 237 Å². The van der Waals surface area contributed by atoms with Crippen LogP contribution in [0.5, 0.6) is 23.3 Å². The van der Waals surface area contributed by atoms with Crippen molar-refractivity contribution in [2.75, 3.05) is 0 Å². The molecular weight excluding hydrogens is 506 g/mol. The highest BCUT2D eigenvalue weighted by Gasteiger charge is 2.35. The van der Waals surface area contributed by atoms with E-state index in [-0.39, 0.29) is 5.41 Å². The van der Waals surface area contributed by atoms with Gasteiger partial charge in [-0.05, 0) is 93.0 Å². The lowest BCUT2D eigenvalue weighted by Gasteiger charge is -2.22. The standard InChI is InChI=1S/C36H23N3O2/c1-36(2)28-16-21(20-37)10-13-26(28)27-14-11-24(18-29(27)36)22-6-5-7-23(17-22)25-12-15-32-33(19-25)41-35-34(40-32)38-30-8-3-4-9-31(30)39-35/h3-19H,1-2H3. The molecule has 2 heterocycles. The number of fused-ring (bicyclic) bond motifs is 6. The van der Waals surface area contributed by atoms with Gasteiger partial charge < -0.3 is 9.47 Å². The molecule has 1 aliphatic carbocycles. The lowest BCUT2D eigenvalue weighted by atomic mass is 9.81. The molecular formula is C36H23N3O2. The van der Waals surface area contributed by atoms with Crippen molar-refractivity contribution in [1.29, 1.82) is 5.26 Å². The average Bonchev–Trinajstić information content (AvgIpc) is 3.24. The minimum Gasteiger partial charge on any atom is -0.431 e. The quantitative estimate of drug-likeness (QED) is 0.223. The van der Waals surface area contributed by atoms with E-state index in [2.05, 4.69) is 78.4 Å². The number of rotatable bonds is 2. The van der Waals surface area contributed by atoms with Crippen LogP contribution in [-0.2, 0) is 5.41 Å². The lowest BCUT2D eigenvalue weighted by Crippen LogP contribution is -2.15. The number of nitriles is 1. The van der Waals surface area contributed by atoms with Crippen LogP contribution in [0.4, 0.5) is 0 Å². The smallest absolute Gasteiger partial charge is 0.284 e. The van der Waals surface area contributed by atoms with Gasteiger partial charge in [0.1, 0.15) is 0 Å². The molecule has 0 unspecified atom stereocenters. The van der Waals surface area contributed by atoms with Crippen LogP contribution in [0.25, 0.3) is 44.4 Å². The monoisotopic (exact) mass is 529 g/mol. The molecule has 0 saturated heterocycles. The molecule has 41 heavy (non-hydrogen) atoms. The van der Waals surface area contributed by atoms with E-state index in [0.717, 1.165) is 33.3 Å². The van der Waals surface area contributed by atoms with Crippen molar-refractivity contribution in [3.8, 4) is 62.7 Å². The minimum absolute atomic E-state index is 0.189. The van der Waals surface area contributed by atoms with E-state index in [1.165, 1.54) is 22.3 Å². The fraction of sp³-hybridized carbons (Fsp3) is 0.0833. The lowest BCUT2D eigenvalue weighted by molar-refractivity contribution is 0.339. The van der Waals surface area contributed by atoms with Crippen molar-refractivity contribution in [3.05, 3.63) is 120 Å². The average molecular weight is 530 g/mol. The molecule has 1 aromatic heterocycles. The number of hydrogen-bond donors (Lipinski definition) is 0. The summed E-state index contributed by atoms with van der Waals surface area (Å²) in [6.07, 6.45) is 0. The van der Waals surface area contributed by atoms with E-state index >= 15 is 0 Å². The highest BCUT2D eigenvalue weighted by molar-refractivity contribution is 5.85. The van der Waals surface area contributed by atoms with Crippen molar-refractivity contribution >= 4 is 11.0 Å². The third-order valence-electron chi connectivity index (χ3n) is 8.20. The summed E-state index contributed by atoms with van der Waals surface area (Å²) in [6, 6.07) is 37.1. The van der Waals surface area contributed by atoms with Crippen LogP contribution in [0.1, 0.15) is 30.5 Å². The topological polar surface area (TPSA) is 68.0 Å². The minimum atomic E-state index is -0.189. The van der Waals surface area contributed by atoms with Gasteiger partial charge in [0.25, 0.3) is 11.8 Å². The van der Waals surface area contributed by atoms with Crippen LogP contribution in [0, 0.1) is 11.3 Å². The number of ether oxygens (including phenoxy) is 2. The third kappa shape index (κ3) is 3.62. The molecule has 194 valence electrons. The summed E-state index contributed by atoms with van der Waals surface area (Å²) in [7, 11) is 0. The first-order valence-corrected chi connectivity index (χ1v) is 13.5. The fourth-order valence-electron chi connectivity index (χ4n) is 6.03. The van der Waals surface area contributed by atoms with E-state index in [0.29, 0.717) is 28.8 Å². The maximum Gasteiger partial charge on any atom is 0.284 e. The Morgan fingerprint density at radius 3 is 1.88 bits per heavy atom. The molecule has 5 aromatic carbocycles. The van der Waals surface area contributed by atoms with Crippen molar-refractivity contribution in [1.82, 2.24) is 9.97 Å². The van der Waals surface area contributed by atoms with Gasteiger partial charge in [0, 0.05) is 5.41 Å². The Balaban J connectivity index is 1.14. The Hall–Kier alpha value is -5.47. The molecule has 2 aliphatic rings. The second-order valence-corrected chi connectivity index (χ2v) is 11.0. The molecule has 1 aliphatic heterocycles. The number of benzene rings is 5. The number of hydrogen-bond acceptors (Lipinski definition) is 5. The van der Waals surface area contributed by atoms with Gasteiger partial charge in [0.2, 0.25) is 0 Å². The molecule has 0 spiro atoms. The normalized spacial score (nSPS) is 13.7. The van der Waals surface area contributed by atoms with Gasteiger partial charge in [0.15, 0.2) is 11.5 Å². The number of para-hydroxylation sites is 2. The first-order chi connectivity index (χ1) is 20.0. The van der Waals surface area contributed by atoms with Crippen LogP contribution in [-0.4, -0.2) is 9.97 Å². The molecule has 0 amide bonds. The number of aromatic nitrogens is 2. The van der Waals surface area contributed by atoms with Crippen LogP contribution in [0.15, 0.2) is 103 Å². The first kappa shape index (κ1) is 23.4. The highest BCUT2D eigenvalue weighted by atomic mass is 16.6. The molecule has 8 rings (SSSR count). The maximum absolute atomic E-state index is 9.45. The van der Waals surface area contributed by atoms with Crippen LogP contribution in [0.3, 0.4) is 0 Å². The number of nitrogens with zero attached hydrogens (tertiary/aromatic N) is 3. The molecule has 0 saturated carbocycles. The molecule has 0 N–H and O–H groups in total. The second-order valence-electron chi connectivity index (χ2n) is 11.0. The Bertz CT molecular complexity index is 2110. The van der Waals surface area contributed by atoms with Gasteiger partial charge >= 0.3 is 0 Å². The summed E-state index contributed by atoms with van der Waals surface area (Å²) in [5, 5.41) is 9.45. The zero-order valence-electron chi connectivity index (χ0n) is 22.5. The molecule has 5 nitrogen and oxygen atoms in total. The van der Waals surface area contributed by atoms with Crippen molar-refractivity contribution in [2.24, 2.45) is 0 Å². The fourth-order valence-corrected chi connectivity index (χ4v) is 6.03. The highest BCUT2D eigenvalue weighted by Crippen LogP contribution is 2.50. The molecule has 5 heteroatoms. The Morgan fingerprint density at radius 2 is 1.17 bits per heavy atom. The first-order valence-electron chi connectivity index (χ1n) is 13.5. The zero-order chi connectivity index (χ0) is 27.7. The predicted octanol–water partition coefficient (Wildman–Crippen LogP) is 9.04. The van der Waals surface area contributed by atoms with Crippen molar-refractivity contribution in [2.45, 2.75) is 19.3 Å². The Kier molecular flexibility index (Phi) is 4.86. The summed E-state index contributed by atoms with van der Waals surface area (Å²) in [5.41, 5.74) is 11.3. The van der Waals surface area contributed by atoms with Crippen LogP contribution in [0.2, 0.25) is 0 Å². The largest absolute Gasteiger partial charge is 0.431 e. The van der Waals surface area contributed by atoms with E-state index in [1.54, 1.807) is 0 Å². The van der Waals surface area contributed by atoms with Crippen molar-refractivity contribution < 1.29 is 9.47 Å². The summed E-state index contributed by atoms with van der Waals surface area (Å²) < 4.78 is 12.2. The summed E-state index contributed by atoms with van der Waals surface area (Å²) >= 11 is 0. The maximum atomic E-state index is 9.45. The predicted molar refractivity (Wildman–Crippen MR) is 159 cm³/mol. The molecule has 0 fully saturated rings. The van der Waals surface area contributed by atoms with Gasteiger partial charge in [0.05, 0.1) is 22.7 Å². The molecule has 6 aromatic rings. The van der Waals surface area contributed by atoms with Gasteiger partial charge in [-0.1, -0.05) is 68.4 Å². The summed E-state index contributed by atoms with van der Waals surface area (Å²) in [6.45, 7) is 4.47. The zero-order valence-corrected chi connectivity index (χ0v) is 22.5. The van der Waals surface area contributed by atoms with Gasteiger partial charge in [-0.2, -0.15) is 5.26 Å². The molecule has 0 bridgehead atoms. The van der Waals surface area contributed by atoms with Gasteiger partial charge in [-0.3, -0.25) is 0 Å². The molecule has 0 atom stereocenters. The van der Waals surface area contributed by atoms with E-state index < -0.39 is 0 Å². The van der Waals surface area contributed by atoms with E-state index in [9.17, 15) is 5.26 Å². The van der Waals surface area contributed by atoms with Crippen LogP contribution >= 0.6 is 0 Å². The van der Waals surface area contributed by atoms with E-state index in [1.807, 2.05) is 54.6 Å². The van der Waals surface area contributed by atoms with Gasteiger partial charge in [-0.15, -0.1) is 0 Å².